The fourth-order valence-electron chi connectivity index (χ4n) is 2.26. The van der Waals surface area contributed by atoms with Gasteiger partial charge in [-0.3, -0.25) is 4.79 Å². The van der Waals surface area contributed by atoms with Crippen molar-refractivity contribution in [3.05, 3.63) is 35.1 Å². The van der Waals surface area contributed by atoms with Crippen molar-refractivity contribution in [1.29, 1.82) is 0 Å². The molecule has 0 spiro atoms. The van der Waals surface area contributed by atoms with Gasteiger partial charge in [-0.25, -0.2) is 4.39 Å². The van der Waals surface area contributed by atoms with Gasteiger partial charge in [-0.1, -0.05) is 6.07 Å². The summed E-state index contributed by atoms with van der Waals surface area (Å²) in [5.74, 6) is -0.459. The minimum absolute atomic E-state index is 0.0880. The van der Waals surface area contributed by atoms with Gasteiger partial charge >= 0.3 is 0 Å². The van der Waals surface area contributed by atoms with Gasteiger partial charge in [-0.15, -0.1) is 11.6 Å². The minimum atomic E-state index is -0.480. The Morgan fingerprint density at radius 1 is 1.53 bits per heavy atom. The van der Waals surface area contributed by atoms with Crippen molar-refractivity contribution < 1.29 is 13.9 Å². The van der Waals surface area contributed by atoms with Gasteiger partial charge in [-0.2, -0.15) is 0 Å². The number of halogens is 2. The molecule has 0 bridgehead atoms. The highest BCUT2D eigenvalue weighted by atomic mass is 35.5. The maximum absolute atomic E-state index is 13.8. The van der Waals surface area contributed by atoms with E-state index in [1.807, 2.05) is 6.92 Å². The third-order valence-electron chi connectivity index (χ3n) is 3.14. The molecule has 0 aromatic heterocycles. The minimum Gasteiger partial charge on any atom is -0.370 e. The first-order valence-electron chi connectivity index (χ1n) is 6.28. The van der Waals surface area contributed by atoms with Gasteiger partial charge < -0.3 is 9.64 Å². The fraction of sp³-hybridized carbons (Fsp3) is 0.500. The van der Waals surface area contributed by atoms with Crippen molar-refractivity contribution in [3.63, 3.8) is 0 Å². The monoisotopic (exact) mass is 285 g/mol. The van der Waals surface area contributed by atoms with E-state index in [2.05, 4.69) is 0 Å². The molecule has 0 N–H and O–H groups in total. The molecule has 1 heterocycles. The van der Waals surface area contributed by atoms with E-state index >= 15 is 0 Å². The second kappa shape index (κ2) is 5.88. The summed E-state index contributed by atoms with van der Waals surface area (Å²) < 4.78 is 19.4. The van der Waals surface area contributed by atoms with Crippen molar-refractivity contribution in [2.75, 3.05) is 19.0 Å². The highest BCUT2D eigenvalue weighted by molar-refractivity contribution is 6.18. The zero-order chi connectivity index (χ0) is 14.0. The molecule has 1 aliphatic rings. The maximum atomic E-state index is 13.8. The Bertz CT molecular complexity index is 481. The molecule has 1 aliphatic heterocycles. The van der Waals surface area contributed by atoms with Gasteiger partial charge in [0.2, 0.25) is 0 Å². The van der Waals surface area contributed by atoms with Crippen LogP contribution in [0, 0.1) is 12.7 Å². The molecule has 0 aliphatic carbocycles. The Hall–Kier alpha value is -1.13. The predicted molar refractivity (Wildman–Crippen MR) is 72.1 cm³/mol. The second-order valence-electron chi connectivity index (χ2n) is 4.92. The van der Waals surface area contributed by atoms with Crippen LogP contribution in [0.4, 0.5) is 4.39 Å². The first-order chi connectivity index (χ1) is 9.01. The van der Waals surface area contributed by atoms with E-state index < -0.39 is 5.82 Å². The molecule has 2 atom stereocenters. The summed E-state index contributed by atoms with van der Waals surface area (Å²) in [5, 5.41) is 0. The molecule has 3 nitrogen and oxygen atoms in total. The van der Waals surface area contributed by atoms with Crippen LogP contribution >= 0.6 is 11.6 Å². The van der Waals surface area contributed by atoms with Crippen LogP contribution < -0.4 is 0 Å². The van der Waals surface area contributed by atoms with E-state index in [1.54, 1.807) is 17.9 Å². The van der Waals surface area contributed by atoms with E-state index in [0.717, 1.165) is 5.56 Å². The van der Waals surface area contributed by atoms with E-state index in [4.69, 9.17) is 16.3 Å². The highest BCUT2D eigenvalue weighted by Crippen LogP contribution is 2.18. The van der Waals surface area contributed by atoms with Crippen molar-refractivity contribution in [2.45, 2.75) is 26.1 Å². The van der Waals surface area contributed by atoms with Gasteiger partial charge in [0, 0.05) is 13.1 Å². The van der Waals surface area contributed by atoms with Crippen molar-refractivity contribution in [3.8, 4) is 0 Å². The number of aryl methyl sites for hydroxylation is 1. The van der Waals surface area contributed by atoms with Gasteiger partial charge in [0.15, 0.2) is 0 Å². The molecular formula is C14H17ClFNO2. The molecular weight excluding hydrogens is 269 g/mol. The van der Waals surface area contributed by atoms with E-state index in [0.29, 0.717) is 19.0 Å². The predicted octanol–water partition coefficient (Wildman–Crippen LogP) is 2.60. The van der Waals surface area contributed by atoms with Crippen LogP contribution in [0.15, 0.2) is 18.2 Å². The number of alkyl halides is 1. The standard InChI is InChI=1S/C14H17ClFNO2/c1-9-3-4-12(13(16)5-9)14(18)17-7-10(2)19-11(6-15)8-17/h3-5,10-11H,6-8H2,1-2H3. The quantitative estimate of drug-likeness (QED) is 0.782. The normalized spacial score (nSPS) is 23.5. The fourth-order valence-corrected chi connectivity index (χ4v) is 2.43. The highest BCUT2D eigenvalue weighted by Gasteiger charge is 2.29. The van der Waals surface area contributed by atoms with Gasteiger partial charge in [-0.05, 0) is 31.5 Å². The molecule has 1 aromatic carbocycles. The SMILES string of the molecule is Cc1ccc(C(=O)N2CC(C)OC(CCl)C2)c(F)c1. The van der Waals surface area contributed by atoms with E-state index in [-0.39, 0.29) is 23.7 Å². The smallest absolute Gasteiger partial charge is 0.257 e. The number of morpholine rings is 1. The average molecular weight is 286 g/mol. The lowest BCUT2D eigenvalue weighted by molar-refractivity contribution is -0.0571. The van der Waals surface area contributed by atoms with Crippen molar-refractivity contribution >= 4 is 17.5 Å². The maximum Gasteiger partial charge on any atom is 0.257 e. The number of benzene rings is 1. The number of nitrogens with zero attached hydrogens (tertiary/aromatic N) is 1. The molecule has 2 unspecified atom stereocenters. The Kier molecular flexibility index (Phi) is 4.42. The molecule has 1 aromatic rings. The number of hydrogen-bond acceptors (Lipinski definition) is 2. The molecule has 5 heteroatoms. The van der Waals surface area contributed by atoms with Crippen LogP contribution in [0.1, 0.15) is 22.8 Å². The lowest BCUT2D eigenvalue weighted by atomic mass is 10.1. The van der Waals surface area contributed by atoms with Crippen LogP contribution in [0.3, 0.4) is 0 Å². The number of carbonyl (C=O) groups excluding carboxylic acids is 1. The summed E-state index contributed by atoms with van der Waals surface area (Å²) in [4.78, 5) is 13.9. The summed E-state index contributed by atoms with van der Waals surface area (Å²) in [6.45, 7) is 4.53. The molecule has 104 valence electrons. The first kappa shape index (κ1) is 14.3. The Labute approximate surface area is 117 Å². The summed E-state index contributed by atoms with van der Waals surface area (Å²) in [7, 11) is 0. The lowest BCUT2D eigenvalue weighted by Crippen LogP contribution is -2.50. The van der Waals surface area contributed by atoms with E-state index in [1.165, 1.54) is 12.1 Å². The largest absolute Gasteiger partial charge is 0.370 e. The van der Waals surface area contributed by atoms with Gasteiger partial charge in [0.05, 0.1) is 23.7 Å². The number of ether oxygens (including phenoxy) is 1. The van der Waals surface area contributed by atoms with Crippen LogP contribution in [0.5, 0.6) is 0 Å². The van der Waals surface area contributed by atoms with Crippen LogP contribution in [0.2, 0.25) is 0 Å². The summed E-state index contributed by atoms with van der Waals surface area (Å²) in [5.41, 5.74) is 0.899. The van der Waals surface area contributed by atoms with Crippen LogP contribution in [-0.4, -0.2) is 42.0 Å². The zero-order valence-corrected chi connectivity index (χ0v) is 11.8. The molecule has 1 saturated heterocycles. The Morgan fingerprint density at radius 2 is 2.26 bits per heavy atom. The van der Waals surface area contributed by atoms with E-state index in [9.17, 15) is 9.18 Å². The number of hydrogen-bond donors (Lipinski definition) is 0. The molecule has 2 rings (SSSR count). The molecule has 1 fully saturated rings. The summed E-state index contributed by atoms with van der Waals surface area (Å²) in [6.07, 6.45) is -0.280. The average Bonchev–Trinajstić information content (AvgIpc) is 2.37. The molecule has 1 amide bonds. The lowest BCUT2D eigenvalue weighted by Gasteiger charge is -2.36. The zero-order valence-electron chi connectivity index (χ0n) is 11.0. The number of carbonyl (C=O) groups is 1. The molecule has 0 radical (unpaired) electrons. The van der Waals surface area contributed by atoms with Crippen LogP contribution in [0.25, 0.3) is 0 Å². The first-order valence-corrected chi connectivity index (χ1v) is 6.81. The molecule has 0 saturated carbocycles. The molecule has 19 heavy (non-hydrogen) atoms. The topological polar surface area (TPSA) is 29.5 Å². The van der Waals surface area contributed by atoms with Crippen molar-refractivity contribution in [1.82, 2.24) is 4.90 Å². The van der Waals surface area contributed by atoms with Gasteiger partial charge in [0.1, 0.15) is 5.82 Å². The third-order valence-corrected chi connectivity index (χ3v) is 3.48. The third kappa shape index (κ3) is 3.25. The summed E-state index contributed by atoms with van der Waals surface area (Å²) in [6, 6.07) is 4.64. The number of amides is 1. The second-order valence-corrected chi connectivity index (χ2v) is 5.23. The Morgan fingerprint density at radius 3 is 2.89 bits per heavy atom. The Balaban J connectivity index is 2.18. The van der Waals surface area contributed by atoms with Gasteiger partial charge in [0.25, 0.3) is 5.91 Å². The summed E-state index contributed by atoms with van der Waals surface area (Å²) >= 11 is 5.78. The van der Waals surface area contributed by atoms with Crippen molar-refractivity contribution in [2.24, 2.45) is 0 Å². The number of rotatable bonds is 2. The van der Waals surface area contributed by atoms with Crippen LogP contribution in [-0.2, 0) is 4.74 Å².